The van der Waals surface area contributed by atoms with E-state index in [4.69, 9.17) is 17.3 Å². The Bertz CT molecular complexity index is 280. The van der Waals surface area contributed by atoms with Crippen LogP contribution in [0.3, 0.4) is 0 Å². The summed E-state index contributed by atoms with van der Waals surface area (Å²) >= 11 is 9.01. The summed E-state index contributed by atoms with van der Waals surface area (Å²) in [5.74, 6) is 0. The van der Waals surface area contributed by atoms with Crippen LogP contribution in [0, 0.1) is 0 Å². The Hall–Kier alpha value is -0.0900. The lowest BCUT2D eigenvalue weighted by atomic mass is 10.1. The quantitative estimate of drug-likeness (QED) is 0.844. The summed E-state index contributed by atoms with van der Waals surface area (Å²) in [5.41, 5.74) is 6.07. The van der Waals surface area contributed by atoms with Gasteiger partial charge in [-0.05, 0) is 17.7 Å². The highest BCUT2D eigenvalue weighted by atomic mass is 79.9. The molecule has 0 heterocycles. The lowest BCUT2D eigenvalue weighted by Crippen LogP contribution is -2.11. The van der Waals surface area contributed by atoms with Gasteiger partial charge in [0.15, 0.2) is 0 Å². The molecule has 0 aliphatic heterocycles. The number of halogens is 2. The summed E-state index contributed by atoms with van der Waals surface area (Å²) < 4.78 is 0.785. The van der Waals surface area contributed by atoms with E-state index in [0.717, 1.165) is 10.0 Å². The summed E-state index contributed by atoms with van der Waals surface area (Å²) in [4.78, 5) is 0. The lowest BCUT2D eigenvalue weighted by molar-refractivity contribution is 0.186. The van der Waals surface area contributed by atoms with E-state index < -0.39 is 6.10 Å². The first kappa shape index (κ1) is 9.99. The molecule has 3 N–H and O–H groups in total. The molecule has 12 heavy (non-hydrogen) atoms. The molecule has 1 atom stereocenters. The number of nitrogens with two attached hydrogens (primary N) is 1. The summed E-state index contributed by atoms with van der Waals surface area (Å²) in [6, 6.07) is 5.21. The molecule has 0 aliphatic rings. The molecule has 0 amide bonds. The molecule has 66 valence electrons. The molecule has 0 saturated heterocycles. The summed E-state index contributed by atoms with van der Waals surface area (Å²) in [6.45, 7) is 0.209. The van der Waals surface area contributed by atoms with E-state index in [1.54, 1.807) is 18.2 Å². The van der Waals surface area contributed by atoms with Gasteiger partial charge in [-0.15, -0.1) is 0 Å². The SMILES string of the molecule is NC[C@H](O)c1ccc(Cl)cc1Br. The van der Waals surface area contributed by atoms with Crippen molar-refractivity contribution in [1.82, 2.24) is 0 Å². The van der Waals surface area contributed by atoms with Crippen LogP contribution in [0.5, 0.6) is 0 Å². The largest absolute Gasteiger partial charge is 0.387 e. The van der Waals surface area contributed by atoms with Gasteiger partial charge in [-0.1, -0.05) is 33.6 Å². The first-order chi connectivity index (χ1) is 5.65. The molecule has 1 rings (SSSR count). The van der Waals surface area contributed by atoms with Gasteiger partial charge in [-0.25, -0.2) is 0 Å². The minimum atomic E-state index is -0.628. The van der Waals surface area contributed by atoms with Crippen molar-refractivity contribution in [3.8, 4) is 0 Å². The van der Waals surface area contributed by atoms with Gasteiger partial charge in [0.25, 0.3) is 0 Å². The Morgan fingerprint density at radius 1 is 1.58 bits per heavy atom. The third-order valence-electron chi connectivity index (χ3n) is 1.54. The van der Waals surface area contributed by atoms with Crippen molar-refractivity contribution in [1.29, 1.82) is 0 Å². The fourth-order valence-electron chi connectivity index (χ4n) is 0.899. The zero-order valence-corrected chi connectivity index (χ0v) is 8.64. The smallest absolute Gasteiger partial charge is 0.0923 e. The lowest BCUT2D eigenvalue weighted by Gasteiger charge is -2.09. The van der Waals surface area contributed by atoms with Crippen molar-refractivity contribution in [2.75, 3.05) is 6.54 Å². The molecule has 0 bridgehead atoms. The molecule has 0 aromatic heterocycles. The second kappa shape index (κ2) is 4.23. The number of benzene rings is 1. The average Bonchev–Trinajstić information content (AvgIpc) is 2.03. The fraction of sp³-hybridized carbons (Fsp3) is 0.250. The van der Waals surface area contributed by atoms with Gasteiger partial charge in [0, 0.05) is 16.0 Å². The minimum absolute atomic E-state index is 0.209. The average molecular weight is 251 g/mol. The van der Waals surface area contributed by atoms with Crippen molar-refractivity contribution < 1.29 is 5.11 Å². The highest BCUT2D eigenvalue weighted by Crippen LogP contribution is 2.25. The fourth-order valence-corrected chi connectivity index (χ4v) is 1.85. The highest BCUT2D eigenvalue weighted by molar-refractivity contribution is 9.10. The van der Waals surface area contributed by atoms with E-state index in [0.29, 0.717) is 5.02 Å². The van der Waals surface area contributed by atoms with Gasteiger partial charge in [-0.3, -0.25) is 0 Å². The van der Waals surface area contributed by atoms with Crippen LogP contribution in [0.25, 0.3) is 0 Å². The zero-order valence-electron chi connectivity index (χ0n) is 6.30. The molecule has 4 heteroatoms. The van der Waals surface area contributed by atoms with E-state index in [-0.39, 0.29) is 6.54 Å². The maximum absolute atomic E-state index is 9.40. The van der Waals surface area contributed by atoms with Crippen LogP contribution in [0.2, 0.25) is 5.02 Å². The van der Waals surface area contributed by atoms with Crippen molar-refractivity contribution in [2.45, 2.75) is 6.10 Å². The Balaban J connectivity index is 3.01. The first-order valence-corrected chi connectivity index (χ1v) is 4.65. The van der Waals surface area contributed by atoms with Crippen molar-refractivity contribution in [2.24, 2.45) is 5.73 Å². The summed E-state index contributed by atoms with van der Waals surface area (Å²) in [7, 11) is 0. The zero-order chi connectivity index (χ0) is 9.14. The predicted octanol–water partition coefficient (Wildman–Crippen LogP) is 2.09. The van der Waals surface area contributed by atoms with Gasteiger partial charge in [0.05, 0.1) is 6.10 Å². The van der Waals surface area contributed by atoms with Crippen LogP contribution < -0.4 is 5.73 Å². The van der Waals surface area contributed by atoms with Gasteiger partial charge < -0.3 is 10.8 Å². The Labute approximate surface area is 84.5 Å². The summed E-state index contributed by atoms with van der Waals surface area (Å²) in [6.07, 6.45) is -0.628. The van der Waals surface area contributed by atoms with E-state index >= 15 is 0 Å². The van der Waals surface area contributed by atoms with Crippen molar-refractivity contribution >= 4 is 27.5 Å². The van der Waals surface area contributed by atoms with E-state index in [1.807, 2.05) is 0 Å². The number of aliphatic hydroxyl groups excluding tert-OH is 1. The van der Waals surface area contributed by atoms with Crippen LogP contribution in [0.4, 0.5) is 0 Å². The molecule has 1 aromatic carbocycles. The van der Waals surface area contributed by atoms with Crippen LogP contribution in [-0.4, -0.2) is 11.7 Å². The second-order valence-electron chi connectivity index (χ2n) is 2.42. The molecular formula is C8H9BrClNO. The van der Waals surface area contributed by atoms with Crippen LogP contribution >= 0.6 is 27.5 Å². The summed E-state index contributed by atoms with van der Waals surface area (Å²) in [5, 5.41) is 10.0. The van der Waals surface area contributed by atoms with Crippen molar-refractivity contribution in [3.63, 3.8) is 0 Å². The maximum atomic E-state index is 9.40. The number of hydrogen-bond donors (Lipinski definition) is 2. The molecule has 0 unspecified atom stereocenters. The van der Waals surface area contributed by atoms with Crippen molar-refractivity contribution in [3.05, 3.63) is 33.3 Å². The van der Waals surface area contributed by atoms with Gasteiger partial charge in [0.2, 0.25) is 0 Å². The minimum Gasteiger partial charge on any atom is -0.387 e. The topological polar surface area (TPSA) is 46.2 Å². The molecule has 0 fully saturated rings. The monoisotopic (exact) mass is 249 g/mol. The molecule has 0 radical (unpaired) electrons. The molecular weight excluding hydrogens is 241 g/mol. The van der Waals surface area contributed by atoms with Crippen LogP contribution in [0.1, 0.15) is 11.7 Å². The van der Waals surface area contributed by atoms with E-state index in [1.165, 1.54) is 0 Å². The number of rotatable bonds is 2. The van der Waals surface area contributed by atoms with Gasteiger partial charge >= 0.3 is 0 Å². The van der Waals surface area contributed by atoms with Gasteiger partial charge in [-0.2, -0.15) is 0 Å². The molecule has 0 spiro atoms. The molecule has 0 aliphatic carbocycles. The normalized spacial score (nSPS) is 13.0. The highest BCUT2D eigenvalue weighted by Gasteiger charge is 2.08. The number of aliphatic hydroxyl groups is 1. The Kier molecular flexibility index (Phi) is 3.53. The molecule has 0 saturated carbocycles. The first-order valence-electron chi connectivity index (χ1n) is 3.48. The number of hydrogen-bond acceptors (Lipinski definition) is 2. The standard InChI is InChI=1S/C8H9BrClNO/c9-7-3-5(10)1-2-6(7)8(12)4-11/h1-3,8,12H,4,11H2/t8-/m0/s1. The third-order valence-corrected chi connectivity index (χ3v) is 2.47. The maximum Gasteiger partial charge on any atom is 0.0923 e. The predicted molar refractivity (Wildman–Crippen MR) is 53.2 cm³/mol. The van der Waals surface area contributed by atoms with E-state index in [9.17, 15) is 5.11 Å². The van der Waals surface area contributed by atoms with Crippen LogP contribution in [0.15, 0.2) is 22.7 Å². The third kappa shape index (κ3) is 2.20. The Morgan fingerprint density at radius 3 is 2.75 bits per heavy atom. The Morgan fingerprint density at radius 2 is 2.25 bits per heavy atom. The van der Waals surface area contributed by atoms with Gasteiger partial charge in [0.1, 0.15) is 0 Å². The molecule has 1 aromatic rings. The van der Waals surface area contributed by atoms with Crippen LogP contribution in [-0.2, 0) is 0 Å². The second-order valence-corrected chi connectivity index (χ2v) is 3.71. The van der Waals surface area contributed by atoms with E-state index in [2.05, 4.69) is 15.9 Å². The molecule has 2 nitrogen and oxygen atoms in total.